The SMILES string of the molecule is CCCC(c1ccccc1)N(CC1CCCNC1)C1CC1. The Morgan fingerprint density at radius 3 is 2.62 bits per heavy atom. The van der Waals surface area contributed by atoms with E-state index in [4.69, 9.17) is 0 Å². The van der Waals surface area contributed by atoms with Gasteiger partial charge in [-0.05, 0) is 56.7 Å². The summed E-state index contributed by atoms with van der Waals surface area (Å²) in [6.07, 6.45) is 8.14. The van der Waals surface area contributed by atoms with Crippen molar-refractivity contribution in [1.82, 2.24) is 10.2 Å². The van der Waals surface area contributed by atoms with Crippen LogP contribution in [0.15, 0.2) is 30.3 Å². The summed E-state index contributed by atoms with van der Waals surface area (Å²) in [5, 5.41) is 3.58. The van der Waals surface area contributed by atoms with E-state index in [-0.39, 0.29) is 0 Å². The zero-order chi connectivity index (χ0) is 14.5. The predicted molar refractivity (Wildman–Crippen MR) is 89.4 cm³/mol. The fourth-order valence-corrected chi connectivity index (χ4v) is 3.79. The summed E-state index contributed by atoms with van der Waals surface area (Å²) in [6, 6.07) is 12.7. The van der Waals surface area contributed by atoms with Crippen LogP contribution in [-0.2, 0) is 0 Å². The third-order valence-corrected chi connectivity index (χ3v) is 5.03. The summed E-state index contributed by atoms with van der Waals surface area (Å²) in [5.74, 6) is 0.849. The van der Waals surface area contributed by atoms with Gasteiger partial charge in [0.25, 0.3) is 0 Å². The number of nitrogens with zero attached hydrogens (tertiary/aromatic N) is 1. The summed E-state index contributed by atoms with van der Waals surface area (Å²) in [6.45, 7) is 6.05. The Bertz CT molecular complexity index is 407. The number of hydrogen-bond donors (Lipinski definition) is 1. The van der Waals surface area contributed by atoms with E-state index in [1.54, 1.807) is 0 Å². The Morgan fingerprint density at radius 2 is 2.00 bits per heavy atom. The lowest BCUT2D eigenvalue weighted by molar-refractivity contribution is 0.137. The van der Waals surface area contributed by atoms with Gasteiger partial charge in [-0.2, -0.15) is 0 Å². The molecule has 1 aliphatic heterocycles. The molecule has 0 amide bonds. The first-order valence-corrected chi connectivity index (χ1v) is 8.90. The molecule has 1 aromatic rings. The molecule has 21 heavy (non-hydrogen) atoms. The van der Waals surface area contributed by atoms with Crippen LogP contribution in [0.3, 0.4) is 0 Å². The largest absolute Gasteiger partial charge is 0.316 e. The minimum absolute atomic E-state index is 0.630. The lowest BCUT2D eigenvalue weighted by Crippen LogP contribution is -2.41. The van der Waals surface area contributed by atoms with Crippen LogP contribution in [0, 0.1) is 5.92 Å². The van der Waals surface area contributed by atoms with Crippen molar-refractivity contribution in [1.29, 1.82) is 0 Å². The van der Waals surface area contributed by atoms with E-state index in [0.29, 0.717) is 6.04 Å². The summed E-state index contributed by atoms with van der Waals surface area (Å²) >= 11 is 0. The van der Waals surface area contributed by atoms with Crippen molar-refractivity contribution >= 4 is 0 Å². The molecule has 2 aliphatic rings. The van der Waals surface area contributed by atoms with Gasteiger partial charge in [0.05, 0.1) is 0 Å². The molecule has 2 nitrogen and oxygen atoms in total. The van der Waals surface area contributed by atoms with E-state index < -0.39 is 0 Å². The Hall–Kier alpha value is -0.860. The van der Waals surface area contributed by atoms with E-state index >= 15 is 0 Å². The molecule has 1 heterocycles. The van der Waals surface area contributed by atoms with Crippen molar-refractivity contribution < 1.29 is 0 Å². The molecule has 1 aliphatic carbocycles. The smallest absolute Gasteiger partial charge is 0.0351 e. The third-order valence-electron chi connectivity index (χ3n) is 5.03. The van der Waals surface area contributed by atoms with Gasteiger partial charge < -0.3 is 5.32 Å². The molecule has 0 spiro atoms. The van der Waals surface area contributed by atoms with Gasteiger partial charge >= 0.3 is 0 Å². The van der Waals surface area contributed by atoms with Crippen LogP contribution in [0.4, 0.5) is 0 Å². The van der Waals surface area contributed by atoms with Crippen LogP contribution in [0.25, 0.3) is 0 Å². The van der Waals surface area contributed by atoms with Gasteiger partial charge in [-0.1, -0.05) is 43.7 Å². The first kappa shape index (κ1) is 15.1. The average Bonchev–Trinajstić information content (AvgIpc) is 3.37. The Labute approximate surface area is 129 Å². The molecular weight excluding hydrogens is 256 g/mol. The fourth-order valence-electron chi connectivity index (χ4n) is 3.79. The van der Waals surface area contributed by atoms with Crippen molar-refractivity contribution in [3.05, 3.63) is 35.9 Å². The molecule has 1 saturated heterocycles. The van der Waals surface area contributed by atoms with Gasteiger partial charge in [0, 0.05) is 18.6 Å². The van der Waals surface area contributed by atoms with Crippen LogP contribution < -0.4 is 5.32 Å². The van der Waals surface area contributed by atoms with Crippen LogP contribution in [0.5, 0.6) is 0 Å². The minimum Gasteiger partial charge on any atom is -0.316 e. The monoisotopic (exact) mass is 286 g/mol. The first-order valence-electron chi connectivity index (χ1n) is 8.90. The van der Waals surface area contributed by atoms with E-state index in [1.165, 1.54) is 63.7 Å². The average molecular weight is 286 g/mol. The maximum atomic E-state index is 3.58. The van der Waals surface area contributed by atoms with Crippen molar-refractivity contribution in [3.63, 3.8) is 0 Å². The molecule has 2 fully saturated rings. The van der Waals surface area contributed by atoms with Crippen molar-refractivity contribution in [3.8, 4) is 0 Å². The lowest BCUT2D eigenvalue weighted by Gasteiger charge is -2.36. The quantitative estimate of drug-likeness (QED) is 0.815. The number of rotatable bonds is 7. The van der Waals surface area contributed by atoms with E-state index in [2.05, 4.69) is 47.5 Å². The Kier molecular flexibility index (Phi) is 5.32. The summed E-state index contributed by atoms with van der Waals surface area (Å²) in [7, 11) is 0. The molecule has 2 heteroatoms. The van der Waals surface area contributed by atoms with Crippen LogP contribution >= 0.6 is 0 Å². The third kappa shape index (κ3) is 4.08. The zero-order valence-corrected chi connectivity index (χ0v) is 13.4. The standard InChI is InChI=1S/C19H30N2/c1-2-7-19(17-9-4-3-5-10-17)21(18-11-12-18)15-16-8-6-13-20-14-16/h3-5,9-10,16,18-20H,2,6-8,11-15H2,1H3. The molecule has 0 radical (unpaired) electrons. The van der Waals surface area contributed by atoms with Crippen LogP contribution in [0.2, 0.25) is 0 Å². The summed E-state index contributed by atoms with van der Waals surface area (Å²) in [5.41, 5.74) is 1.52. The second-order valence-electron chi connectivity index (χ2n) is 6.86. The van der Waals surface area contributed by atoms with E-state index in [9.17, 15) is 0 Å². The van der Waals surface area contributed by atoms with Gasteiger partial charge in [0.2, 0.25) is 0 Å². The topological polar surface area (TPSA) is 15.3 Å². The molecule has 2 unspecified atom stereocenters. The van der Waals surface area contributed by atoms with E-state index in [1.807, 2.05) is 0 Å². The molecule has 3 rings (SSSR count). The molecule has 1 saturated carbocycles. The highest BCUT2D eigenvalue weighted by Gasteiger charge is 2.35. The maximum absolute atomic E-state index is 3.58. The predicted octanol–water partition coefficient (Wildman–Crippen LogP) is 3.99. The van der Waals surface area contributed by atoms with Gasteiger partial charge in [-0.25, -0.2) is 0 Å². The molecule has 0 aromatic heterocycles. The van der Waals surface area contributed by atoms with Crippen molar-refractivity contribution in [2.75, 3.05) is 19.6 Å². The van der Waals surface area contributed by atoms with Gasteiger partial charge in [-0.15, -0.1) is 0 Å². The first-order chi connectivity index (χ1) is 10.4. The van der Waals surface area contributed by atoms with Gasteiger partial charge in [-0.3, -0.25) is 4.90 Å². The molecule has 0 bridgehead atoms. The van der Waals surface area contributed by atoms with Crippen molar-refractivity contribution in [2.45, 2.75) is 57.5 Å². The highest BCUT2D eigenvalue weighted by molar-refractivity contribution is 5.19. The highest BCUT2D eigenvalue weighted by atomic mass is 15.2. The molecule has 2 atom stereocenters. The molecule has 1 aromatic carbocycles. The van der Waals surface area contributed by atoms with Crippen molar-refractivity contribution in [2.24, 2.45) is 5.92 Å². The maximum Gasteiger partial charge on any atom is 0.0351 e. The Morgan fingerprint density at radius 1 is 1.19 bits per heavy atom. The number of piperidine rings is 1. The lowest BCUT2D eigenvalue weighted by atomic mass is 9.95. The highest BCUT2D eigenvalue weighted by Crippen LogP contribution is 2.37. The van der Waals surface area contributed by atoms with Crippen LogP contribution in [-0.4, -0.2) is 30.6 Å². The number of benzene rings is 1. The summed E-state index contributed by atoms with van der Waals surface area (Å²) < 4.78 is 0. The molecular formula is C19H30N2. The zero-order valence-electron chi connectivity index (χ0n) is 13.4. The Balaban J connectivity index is 1.73. The molecule has 1 N–H and O–H groups in total. The minimum atomic E-state index is 0.630. The number of hydrogen-bond acceptors (Lipinski definition) is 2. The van der Waals surface area contributed by atoms with Crippen LogP contribution in [0.1, 0.15) is 57.1 Å². The van der Waals surface area contributed by atoms with Gasteiger partial charge in [0.1, 0.15) is 0 Å². The normalized spacial score (nSPS) is 24.2. The van der Waals surface area contributed by atoms with E-state index in [0.717, 1.165) is 12.0 Å². The van der Waals surface area contributed by atoms with Gasteiger partial charge in [0.15, 0.2) is 0 Å². The molecule has 116 valence electrons. The second kappa shape index (κ2) is 7.42. The fraction of sp³-hybridized carbons (Fsp3) is 0.684. The summed E-state index contributed by atoms with van der Waals surface area (Å²) in [4.78, 5) is 2.84. The second-order valence-corrected chi connectivity index (χ2v) is 6.86. The number of nitrogens with one attached hydrogen (secondary N) is 1.